The van der Waals surface area contributed by atoms with Crippen LogP contribution in [0, 0.1) is 0 Å². The fraction of sp³-hybridized carbons (Fsp3) is 0.364. The number of fused-ring (bicyclic) bond motifs is 1. The molecule has 0 saturated carbocycles. The van der Waals surface area contributed by atoms with Crippen LogP contribution in [-0.4, -0.2) is 45.3 Å². The minimum atomic E-state index is 0.149. The summed E-state index contributed by atoms with van der Waals surface area (Å²) in [4.78, 5) is 4.52. The first kappa shape index (κ1) is 18.3. The van der Waals surface area contributed by atoms with Crippen LogP contribution in [0.15, 0.2) is 48.5 Å². The maximum atomic E-state index is 6.08. The highest BCUT2D eigenvalue weighted by atomic mass is 16.5. The van der Waals surface area contributed by atoms with Gasteiger partial charge in [0.2, 0.25) is 0 Å². The van der Waals surface area contributed by atoms with Gasteiger partial charge < -0.3 is 14.4 Å². The van der Waals surface area contributed by atoms with Gasteiger partial charge in [0.15, 0.2) is 0 Å². The first-order valence-electron chi connectivity index (χ1n) is 9.05. The van der Waals surface area contributed by atoms with Crippen molar-refractivity contribution in [3.63, 3.8) is 0 Å². The van der Waals surface area contributed by atoms with Crippen LogP contribution >= 0.6 is 0 Å². The Labute approximate surface area is 156 Å². The Bertz CT molecular complexity index is 753. The molecule has 0 radical (unpaired) electrons. The van der Waals surface area contributed by atoms with Crippen molar-refractivity contribution in [1.29, 1.82) is 0 Å². The van der Waals surface area contributed by atoms with Crippen LogP contribution in [0.1, 0.15) is 18.1 Å². The molecule has 1 heterocycles. The van der Waals surface area contributed by atoms with Gasteiger partial charge in [-0.05, 0) is 30.7 Å². The molecule has 26 heavy (non-hydrogen) atoms. The third-order valence-electron chi connectivity index (χ3n) is 4.60. The van der Waals surface area contributed by atoms with Gasteiger partial charge in [-0.15, -0.1) is 0 Å². The molecule has 0 bridgehead atoms. The van der Waals surface area contributed by atoms with Crippen molar-refractivity contribution in [2.24, 2.45) is 0 Å². The molecular formula is C22H28N2O2. The van der Waals surface area contributed by atoms with Gasteiger partial charge in [0.25, 0.3) is 0 Å². The highest BCUT2D eigenvalue weighted by Gasteiger charge is 2.19. The highest BCUT2D eigenvalue weighted by Crippen LogP contribution is 2.29. The summed E-state index contributed by atoms with van der Waals surface area (Å²) in [5, 5.41) is 0. The molecule has 3 rings (SSSR count). The molecule has 2 aromatic carbocycles. The second kappa shape index (κ2) is 8.28. The summed E-state index contributed by atoms with van der Waals surface area (Å²) in [6.07, 6.45) is 4.56. The predicted molar refractivity (Wildman–Crippen MR) is 108 cm³/mol. The molecule has 0 aliphatic carbocycles. The molecule has 0 amide bonds. The fourth-order valence-electron chi connectivity index (χ4n) is 3.19. The Balaban J connectivity index is 1.65. The molecule has 1 unspecified atom stereocenters. The van der Waals surface area contributed by atoms with Crippen LogP contribution in [0.2, 0.25) is 0 Å². The van der Waals surface area contributed by atoms with Gasteiger partial charge >= 0.3 is 0 Å². The molecule has 0 aromatic heterocycles. The molecule has 0 saturated heterocycles. The van der Waals surface area contributed by atoms with E-state index in [-0.39, 0.29) is 6.10 Å². The summed E-state index contributed by atoms with van der Waals surface area (Å²) in [6.45, 7) is 4.80. The van der Waals surface area contributed by atoms with Crippen molar-refractivity contribution in [2.75, 3.05) is 39.2 Å². The van der Waals surface area contributed by atoms with Crippen molar-refractivity contribution < 1.29 is 9.47 Å². The summed E-state index contributed by atoms with van der Waals surface area (Å²) in [7, 11) is 5.80. The molecule has 2 aromatic rings. The Morgan fingerprint density at radius 1 is 1.19 bits per heavy atom. The molecule has 0 N–H and O–H groups in total. The second-order valence-electron chi connectivity index (χ2n) is 6.98. The lowest BCUT2D eigenvalue weighted by Gasteiger charge is -2.20. The molecule has 1 atom stereocenters. The van der Waals surface area contributed by atoms with E-state index >= 15 is 0 Å². The average Bonchev–Trinajstić information content (AvgIpc) is 2.78. The fourth-order valence-corrected chi connectivity index (χ4v) is 3.19. The van der Waals surface area contributed by atoms with E-state index in [0.29, 0.717) is 0 Å². The lowest BCUT2D eigenvalue weighted by molar-refractivity contribution is 0.169. The number of anilines is 1. The Morgan fingerprint density at radius 2 is 1.96 bits per heavy atom. The third kappa shape index (κ3) is 4.58. The van der Waals surface area contributed by atoms with Crippen LogP contribution in [0.25, 0.3) is 6.08 Å². The molecule has 1 aliphatic rings. The van der Waals surface area contributed by atoms with Crippen LogP contribution < -0.4 is 14.4 Å². The molecule has 1 aliphatic heterocycles. The number of benzene rings is 2. The summed E-state index contributed by atoms with van der Waals surface area (Å²) < 4.78 is 11.4. The van der Waals surface area contributed by atoms with E-state index in [1.54, 1.807) is 7.11 Å². The number of hydrogen-bond acceptors (Lipinski definition) is 4. The Hall–Kier alpha value is -2.46. The smallest absolute Gasteiger partial charge is 0.127 e. The second-order valence-corrected chi connectivity index (χ2v) is 6.98. The van der Waals surface area contributed by atoms with E-state index in [2.05, 4.69) is 73.3 Å². The average molecular weight is 352 g/mol. The third-order valence-corrected chi connectivity index (χ3v) is 4.60. The quantitative estimate of drug-likeness (QED) is 0.810. The van der Waals surface area contributed by atoms with Gasteiger partial charge in [0.05, 0.1) is 7.11 Å². The van der Waals surface area contributed by atoms with E-state index in [1.165, 1.54) is 16.8 Å². The normalized spacial score (nSPS) is 17.5. The lowest BCUT2D eigenvalue weighted by Crippen LogP contribution is -2.31. The van der Waals surface area contributed by atoms with Crippen LogP contribution in [-0.2, 0) is 6.54 Å². The van der Waals surface area contributed by atoms with Gasteiger partial charge in [-0.25, -0.2) is 0 Å². The lowest BCUT2D eigenvalue weighted by atomic mass is 10.1. The highest BCUT2D eigenvalue weighted by molar-refractivity contribution is 5.55. The van der Waals surface area contributed by atoms with Crippen molar-refractivity contribution in [2.45, 2.75) is 19.6 Å². The minimum absolute atomic E-state index is 0.149. The van der Waals surface area contributed by atoms with Gasteiger partial charge in [0.1, 0.15) is 17.6 Å². The largest absolute Gasteiger partial charge is 0.497 e. The van der Waals surface area contributed by atoms with Crippen molar-refractivity contribution in [3.05, 3.63) is 59.7 Å². The van der Waals surface area contributed by atoms with Gasteiger partial charge in [-0.3, -0.25) is 4.90 Å². The predicted octanol–water partition coefficient (Wildman–Crippen LogP) is 4.06. The maximum absolute atomic E-state index is 6.08. The maximum Gasteiger partial charge on any atom is 0.127 e. The summed E-state index contributed by atoms with van der Waals surface area (Å²) in [5.74, 6) is 1.77. The zero-order chi connectivity index (χ0) is 18.5. The van der Waals surface area contributed by atoms with Crippen LogP contribution in [0.3, 0.4) is 0 Å². The summed E-state index contributed by atoms with van der Waals surface area (Å²) >= 11 is 0. The van der Waals surface area contributed by atoms with Gasteiger partial charge in [0, 0.05) is 51.0 Å². The SMILES string of the molecule is COc1ccc2c(c1)OC(C)CN(C/C=C/c1ccc(N(C)C)cc1)C2. The Kier molecular flexibility index (Phi) is 5.84. The van der Waals surface area contributed by atoms with E-state index < -0.39 is 0 Å². The molecule has 0 spiro atoms. The topological polar surface area (TPSA) is 24.9 Å². The zero-order valence-corrected chi connectivity index (χ0v) is 16.1. The Morgan fingerprint density at radius 3 is 2.65 bits per heavy atom. The van der Waals surface area contributed by atoms with Crippen LogP contribution in [0.4, 0.5) is 5.69 Å². The van der Waals surface area contributed by atoms with E-state index in [4.69, 9.17) is 9.47 Å². The van der Waals surface area contributed by atoms with Gasteiger partial charge in [-0.1, -0.05) is 30.4 Å². The molecule has 4 heteroatoms. The minimum Gasteiger partial charge on any atom is -0.497 e. The standard InChI is InChI=1S/C22H28N2O2/c1-17-15-24(16-19-9-12-21(25-4)14-22(19)26-17)13-5-6-18-7-10-20(11-8-18)23(2)3/h5-12,14,17H,13,15-16H2,1-4H3/b6-5+. The van der Waals surface area contributed by atoms with Crippen LogP contribution in [0.5, 0.6) is 11.5 Å². The first-order chi connectivity index (χ1) is 12.5. The summed E-state index contributed by atoms with van der Waals surface area (Å²) in [5.41, 5.74) is 3.64. The molecule has 0 fully saturated rings. The number of ether oxygens (including phenoxy) is 2. The number of hydrogen-bond donors (Lipinski definition) is 0. The van der Waals surface area contributed by atoms with Crippen molar-refractivity contribution >= 4 is 11.8 Å². The zero-order valence-electron chi connectivity index (χ0n) is 16.1. The molecular weight excluding hydrogens is 324 g/mol. The van der Waals surface area contributed by atoms with Crippen molar-refractivity contribution in [3.8, 4) is 11.5 Å². The van der Waals surface area contributed by atoms with E-state index in [0.717, 1.165) is 31.1 Å². The summed E-state index contributed by atoms with van der Waals surface area (Å²) in [6, 6.07) is 14.7. The number of rotatable bonds is 5. The van der Waals surface area contributed by atoms with Crippen molar-refractivity contribution in [1.82, 2.24) is 4.90 Å². The van der Waals surface area contributed by atoms with Gasteiger partial charge in [-0.2, -0.15) is 0 Å². The number of methoxy groups -OCH3 is 1. The molecule has 138 valence electrons. The number of nitrogens with zero attached hydrogens (tertiary/aromatic N) is 2. The molecule has 4 nitrogen and oxygen atoms in total. The monoisotopic (exact) mass is 352 g/mol. The van der Waals surface area contributed by atoms with E-state index in [1.807, 2.05) is 12.1 Å². The van der Waals surface area contributed by atoms with E-state index in [9.17, 15) is 0 Å². The first-order valence-corrected chi connectivity index (χ1v) is 9.05.